The van der Waals surface area contributed by atoms with Crippen molar-refractivity contribution in [3.8, 4) is 0 Å². The number of hydrogen-bond donors (Lipinski definition) is 2. The van der Waals surface area contributed by atoms with E-state index in [0.29, 0.717) is 0 Å². The van der Waals surface area contributed by atoms with E-state index in [-0.39, 0.29) is 0 Å². The highest BCUT2D eigenvalue weighted by Gasteiger charge is 2.07. The molecule has 0 saturated heterocycles. The van der Waals surface area contributed by atoms with Crippen molar-refractivity contribution >= 4 is 57.4 Å². The van der Waals surface area contributed by atoms with Crippen LogP contribution in [0.5, 0.6) is 0 Å². The standard InChI is InChI=1S/C45H56N8S2/c1-3-46-26-10-7-5-6-8-14-41-16-21-43(22-17-41)47-28-13-30-50-34-35-52(39-50)40-55-54-37-36-51-33-32-49(38-51)29-12-27-48-44-23-18-42(19-24-44)20-25-45-15-9-11-31-53(45)4-2/h5-11,14-26,31-35,38-39H,3-4,12-13,27-30,36-37,40H2,1-2H3,(H,46,47)/q+2/p+1. The van der Waals surface area contributed by atoms with Crippen LogP contribution >= 0.6 is 21.6 Å². The van der Waals surface area contributed by atoms with Gasteiger partial charge >= 0.3 is 0 Å². The molecular formula is C45H57N8S2+3. The smallest absolute Gasteiger partial charge is 0.244 e. The number of hydrogen-bond acceptors (Lipinski definition) is 5. The second-order valence-electron chi connectivity index (χ2n) is 13.0. The zero-order valence-electron chi connectivity index (χ0n) is 32.4. The molecule has 0 atom stereocenters. The van der Waals surface area contributed by atoms with Crippen LogP contribution in [0.2, 0.25) is 0 Å². The average molecular weight is 774 g/mol. The van der Waals surface area contributed by atoms with Crippen molar-refractivity contribution < 1.29 is 13.7 Å². The molecule has 0 fully saturated rings. The Kier molecular flexibility index (Phi) is 18.2. The fourth-order valence-corrected chi connectivity index (χ4v) is 7.67. The lowest BCUT2D eigenvalue weighted by molar-refractivity contribution is -0.696. The van der Waals surface area contributed by atoms with Crippen LogP contribution < -0.4 is 24.3 Å². The van der Waals surface area contributed by atoms with E-state index in [0.717, 1.165) is 81.7 Å². The predicted molar refractivity (Wildman–Crippen MR) is 236 cm³/mol. The molecule has 286 valence electrons. The Hall–Kier alpha value is -5.06. The van der Waals surface area contributed by atoms with Crippen molar-refractivity contribution in [3.63, 3.8) is 0 Å². The molecule has 3 aromatic heterocycles. The molecule has 5 rings (SSSR count). The van der Waals surface area contributed by atoms with Gasteiger partial charge in [0.25, 0.3) is 0 Å². The van der Waals surface area contributed by atoms with Gasteiger partial charge in [-0.3, -0.25) is 4.99 Å². The van der Waals surface area contributed by atoms with Crippen LogP contribution in [0.1, 0.15) is 43.5 Å². The highest BCUT2D eigenvalue weighted by Crippen LogP contribution is 2.21. The van der Waals surface area contributed by atoms with E-state index >= 15 is 0 Å². The SMILES string of the molecule is CCN=C\C=C/C=C/C=C/c1ccc(NCCCn2cc[n+](CSSCCn3cc[n+](CCCNc4ccc(/C=C/c5cccc[n+]5CC)cc4)c3)c2)cc1. The van der Waals surface area contributed by atoms with Crippen LogP contribution in [0.3, 0.4) is 0 Å². The van der Waals surface area contributed by atoms with Gasteiger partial charge in [0.15, 0.2) is 6.20 Å². The number of anilines is 2. The van der Waals surface area contributed by atoms with Crippen molar-refractivity contribution in [2.75, 3.05) is 36.0 Å². The molecule has 0 spiro atoms. The molecule has 0 saturated carbocycles. The van der Waals surface area contributed by atoms with Crippen molar-refractivity contribution in [2.24, 2.45) is 4.99 Å². The van der Waals surface area contributed by atoms with Crippen LogP contribution in [0.15, 0.2) is 146 Å². The lowest BCUT2D eigenvalue weighted by atomic mass is 10.1. The number of aryl methyl sites for hydroxylation is 4. The molecule has 8 nitrogen and oxygen atoms in total. The molecule has 2 aromatic carbocycles. The fourth-order valence-electron chi connectivity index (χ4n) is 5.75. The van der Waals surface area contributed by atoms with Crippen LogP contribution in [0, 0.1) is 0 Å². The summed E-state index contributed by atoms with van der Waals surface area (Å²) in [7, 11) is 3.84. The summed E-state index contributed by atoms with van der Waals surface area (Å²) in [6.45, 7) is 10.9. The van der Waals surface area contributed by atoms with Gasteiger partial charge in [-0.2, -0.15) is 4.57 Å². The quantitative estimate of drug-likeness (QED) is 0.0217. The summed E-state index contributed by atoms with van der Waals surface area (Å²) in [5.41, 5.74) is 5.91. The predicted octanol–water partition coefficient (Wildman–Crippen LogP) is 8.60. The Bertz CT molecular complexity index is 1970. The van der Waals surface area contributed by atoms with Gasteiger partial charge in [-0.05, 0) is 78.3 Å². The molecule has 0 aliphatic rings. The maximum Gasteiger partial charge on any atom is 0.244 e. The monoisotopic (exact) mass is 773 g/mol. The number of pyridine rings is 1. The first-order valence-corrected chi connectivity index (χ1v) is 21.9. The van der Waals surface area contributed by atoms with E-state index < -0.39 is 0 Å². The number of benzene rings is 2. The third-order valence-corrected chi connectivity index (χ3v) is 11.0. The minimum Gasteiger partial charge on any atom is -0.385 e. The van der Waals surface area contributed by atoms with Crippen LogP contribution in [0.25, 0.3) is 18.2 Å². The minimum atomic E-state index is 0.815. The number of nitrogens with zero attached hydrogens (tertiary/aromatic N) is 6. The zero-order chi connectivity index (χ0) is 38.2. The Morgan fingerprint density at radius 1 is 0.655 bits per heavy atom. The highest BCUT2D eigenvalue weighted by molar-refractivity contribution is 8.76. The van der Waals surface area contributed by atoms with E-state index in [1.807, 2.05) is 59.0 Å². The number of imidazole rings is 2. The van der Waals surface area contributed by atoms with E-state index in [4.69, 9.17) is 0 Å². The second-order valence-corrected chi connectivity index (χ2v) is 15.5. The van der Waals surface area contributed by atoms with E-state index in [1.165, 1.54) is 16.8 Å². The summed E-state index contributed by atoms with van der Waals surface area (Å²) < 4.78 is 11.4. The highest BCUT2D eigenvalue weighted by atomic mass is 33.1. The lowest BCUT2D eigenvalue weighted by Crippen LogP contribution is -2.34. The van der Waals surface area contributed by atoms with E-state index in [2.05, 4.69) is 180 Å². The van der Waals surface area contributed by atoms with Crippen molar-refractivity contribution in [1.82, 2.24) is 9.13 Å². The molecule has 0 aliphatic heterocycles. The first-order valence-electron chi connectivity index (χ1n) is 19.4. The summed E-state index contributed by atoms with van der Waals surface area (Å²) in [5, 5.41) is 7.12. The Morgan fingerprint density at radius 3 is 2.09 bits per heavy atom. The first-order chi connectivity index (χ1) is 27.2. The summed E-state index contributed by atoms with van der Waals surface area (Å²) in [6.07, 6.45) is 35.7. The van der Waals surface area contributed by atoms with Crippen molar-refractivity contribution in [1.29, 1.82) is 0 Å². The Morgan fingerprint density at radius 2 is 1.33 bits per heavy atom. The summed E-state index contributed by atoms with van der Waals surface area (Å²) >= 11 is 0. The summed E-state index contributed by atoms with van der Waals surface area (Å²) in [6, 6.07) is 23.6. The van der Waals surface area contributed by atoms with E-state index in [9.17, 15) is 0 Å². The molecule has 5 aromatic rings. The second kappa shape index (κ2) is 24.4. The largest absolute Gasteiger partial charge is 0.385 e. The van der Waals surface area contributed by atoms with Gasteiger partial charge in [0, 0.05) is 74.0 Å². The normalized spacial score (nSPS) is 12.0. The molecule has 0 radical (unpaired) electrons. The molecule has 2 N–H and O–H groups in total. The fraction of sp³-hybridized carbons (Fsp3) is 0.289. The first kappa shape index (κ1) is 41.1. The average Bonchev–Trinajstić information content (AvgIpc) is 3.88. The van der Waals surface area contributed by atoms with Crippen LogP contribution in [0.4, 0.5) is 11.4 Å². The van der Waals surface area contributed by atoms with Gasteiger partial charge in [-0.25, -0.2) is 18.3 Å². The topological polar surface area (TPSA) is 57.9 Å². The van der Waals surface area contributed by atoms with E-state index in [1.54, 1.807) is 0 Å². The molecule has 55 heavy (non-hydrogen) atoms. The molecule has 0 unspecified atom stereocenters. The lowest BCUT2D eigenvalue weighted by Gasteiger charge is -2.06. The van der Waals surface area contributed by atoms with Crippen LogP contribution in [-0.4, -0.2) is 40.7 Å². The van der Waals surface area contributed by atoms with Gasteiger partial charge in [-0.1, -0.05) is 65.4 Å². The number of aliphatic imine (C=N–C) groups is 1. The molecule has 3 heterocycles. The van der Waals surface area contributed by atoms with Gasteiger partial charge < -0.3 is 10.6 Å². The summed E-state index contributed by atoms with van der Waals surface area (Å²) in [5.74, 6) is 2.02. The number of nitrogens with one attached hydrogen (secondary N) is 2. The summed E-state index contributed by atoms with van der Waals surface area (Å²) in [4.78, 5) is 4.15. The number of rotatable bonds is 24. The maximum atomic E-state index is 4.15. The van der Waals surface area contributed by atoms with Gasteiger partial charge in [0.05, 0.1) is 19.6 Å². The molecule has 0 aliphatic carbocycles. The van der Waals surface area contributed by atoms with Crippen molar-refractivity contribution in [3.05, 3.63) is 158 Å². The third-order valence-electron chi connectivity index (χ3n) is 8.75. The van der Waals surface area contributed by atoms with Gasteiger partial charge in [0.2, 0.25) is 18.3 Å². The number of allylic oxidation sites excluding steroid dienone is 5. The molecule has 0 bridgehead atoms. The van der Waals surface area contributed by atoms with Gasteiger partial charge in [-0.15, -0.1) is 0 Å². The van der Waals surface area contributed by atoms with Crippen molar-refractivity contribution in [2.45, 2.75) is 58.7 Å². The van der Waals surface area contributed by atoms with Crippen LogP contribution in [-0.2, 0) is 32.1 Å². The molecular weight excluding hydrogens is 717 g/mol. The molecule has 0 amide bonds. The minimum absolute atomic E-state index is 0.815. The molecule has 10 heteroatoms. The maximum absolute atomic E-state index is 4.15. The Balaban J connectivity index is 0.882. The number of aromatic nitrogens is 5. The zero-order valence-corrected chi connectivity index (χ0v) is 34.0. The Labute approximate surface area is 336 Å². The van der Waals surface area contributed by atoms with Gasteiger partial charge in [0.1, 0.15) is 37.2 Å². The third kappa shape index (κ3) is 15.7.